The Labute approximate surface area is 130 Å². The normalized spacial score (nSPS) is 11.8. The van der Waals surface area contributed by atoms with Crippen LogP contribution in [0.25, 0.3) is 0 Å². The van der Waals surface area contributed by atoms with Crippen molar-refractivity contribution in [3.05, 3.63) is 44.3 Å². The van der Waals surface area contributed by atoms with Crippen LogP contribution in [0, 0.1) is 0 Å². The third-order valence-electron chi connectivity index (χ3n) is 2.53. The zero-order valence-corrected chi connectivity index (χ0v) is 13.3. The average Bonchev–Trinajstić information content (AvgIpc) is 2.89. The second-order valence-electron chi connectivity index (χ2n) is 3.87. The lowest BCUT2D eigenvalue weighted by molar-refractivity contribution is 0.581. The standard InChI is InChI=1S/C11H11Cl2N3O2S2/c12-9-2-10(13)11(1-7(9)3-14)20(17,18)16-5-8-4-15-6-19-8/h1-2,4,6,16H,3,5,14H2. The van der Waals surface area contributed by atoms with E-state index in [-0.39, 0.29) is 23.0 Å². The zero-order valence-electron chi connectivity index (χ0n) is 10.1. The summed E-state index contributed by atoms with van der Waals surface area (Å²) in [6, 6.07) is 2.77. The van der Waals surface area contributed by atoms with Crippen molar-refractivity contribution in [3.8, 4) is 0 Å². The molecule has 5 nitrogen and oxygen atoms in total. The quantitative estimate of drug-likeness (QED) is 0.865. The minimum absolute atomic E-state index is 0.0338. The number of benzene rings is 1. The van der Waals surface area contributed by atoms with E-state index in [1.165, 1.54) is 23.5 Å². The van der Waals surface area contributed by atoms with Crippen molar-refractivity contribution in [2.45, 2.75) is 18.0 Å². The number of sulfonamides is 1. The molecule has 1 aromatic heterocycles. The minimum Gasteiger partial charge on any atom is -0.326 e. The third-order valence-corrected chi connectivity index (χ3v) is 5.53. The highest BCUT2D eigenvalue weighted by Gasteiger charge is 2.20. The van der Waals surface area contributed by atoms with Gasteiger partial charge in [-0.3, -0.25) is 4.98 Å². The van der Waals surface area contributed by atoms with Crippen LogP contribution in [-0.2, 0) is 23.1 Å². The molecule has 1 aromatic carbocycles. The van der Waals surface area contributed by atoms with Crippen molar-refractivity contribution >= 4 is 44.6 Å². The maximum Gasteiger partial charge on any atom is 0.242 e. The van der Waals surface area contributed by atoms with Crippen molar-refractivity contribution < 1.29 is 8.42 Å². The molecule has 0 saturated heterocycles. The lowest BCUT2D eigenvalue weighted by atomic mass is 10.2. The van der Waals surface area contributed by atoms with Gasteiger partial charge in [0.15, 0.2) is 0 Å². The molecule has 9 heteroatoms. The zero-order chi connectivity index (χ0) is 14.8. The molecule has 1 heterocycles. The number of nitrogens with one attached hydrogen (secondary N) is 1. The first-order chi connectivity index (χ1) is 9.44. The van der Waals surface area contributed by atoms with E-state index in [2.05, 4.69) is 9.71 Å². The fraction of sp³-hybridized carbons (Fsp3) is 0.182. The molecule has 0 amide bonds. The Morgan fingerprint density at radius 3 is 2.65 bits per heavy atom. The average molecular weight is 352 g/mol. The molecule has 20 heavy (non-hydrogen) atoms. The van der Waals surface area contributed by atoms with Crippen LogP contribution in [0.4, 0.5) is 0 Å². The third kappa shape index (κ3) is 3.49. The van der Waals surface area contributed by atoms with E-state index in [1.54, 1.807) is 11.7 Å². The molecule has 0 atom stereocenters. The molecule has 0 unspecified atom stereocenters. The van der Waals surface area contributed by atoms with Crippen LogP contribution in [0.5, 0.6) is 0 Å². The van der Waals surface area contributed by atoms with E-state index in [0.29, 0.717) is 10.6 Å². The molecule has 0 aliphatic carbocycles. The Kier molecular flexibility index (Phi) is 5.00. The topological polar surface area (TPSA) is 85.1 Å². The Bertz CT molecular complexity index is 703. The highest BCUT2D eigenvalue weighted by molar-refractivity contribution is 7.89. The first-order valence-corrected chi connectivity index (χ1v) is 8.61. The van der Waals surface area contributed by atoms with Crippen LogP contribution in [0.1, 0.15) is 10.4 Å². The van der Waals surface area contributed by atoms with Crippen LogP contribution >= 0.6 is 34.5 Å². The summed E-state index contributed by atoms with van der Waals surface area (Å²) >= 11 is 13.2. The number of nitrogens with zero attached hydrogens (tertiary/aromatic N) is 1. The van der Waals surface area contributed by atoms with Crippen LogP contribution < -0.4 is 10.5 Å². The predicted molar refractivity (Wildman–Crippen MR) is 80.5 cm³/mol. The first-order valence-electron chi connectivity index (χ1n) is 5.49. The fourth-order valence-corrected chi connectivity index (χ4v) is 4.01. The molecule has 0 fully saturated rings. The van der Waals surface area contributed by atoms with Gasteiger partial charge in [-0.25, -0.2) is 13.1 Å². The van der Waals surface area contributed by atoms with Crippen molar-refractivity contribution in [3.63, 3.8) is 0 Å². The van der Waals surface area contributed by atoms with Crippen molar-refractivity contribution in [1.29, 1.82) is 0 Å². The molecule has 0 saturated carbocycles. The number of thiazole rings is 1. The molecule has 2 aromatic rings. The molecule has 3 N–H and O–H groups in total. The molecular weight excluding hydrogens is 341 g/mol. The summed E-state index contributed by atoms with van der Waals surface area (Å²) in [4.78, 5) is 4.65. The summed E-state index contributed by atoms with van der Waals surface area (Å²) in [5.41, 5.74) is 7.67. The van der Waals surface area contributed by atoms with Gasteiger partial charge in [0, 0.05) is 29.2 Å². The van der Waals surface area contributed by atoms with E-state index < -0.39 is 10.0 Å². The first kappa shape index (κ1) is 15.7. The molecule has 108 valence electrons. The molecular formula is C11H11Cl2N3O2S2. The highest BCUT2D eigenvalue weighted by atomic mass is 35.5. The second-order valence-corrected chi connectivity index (χ2v) is 7.39. The van der Waals surface area contributed by atoms with E-state index in [1.807, 2.05) is 0 Å². The van der Waals surface area contributed by atoms with Gasteiger partial charge >= 0.3 is 0 Å². The van der Waals surface area contributed by atoms with Gasteiger partial charge in [-0.2, -0.15) is 0 Å². The van der Waals surface area contributed by atoms with Gasteiger partial charge in [-0.15, -0.1) is 11.3 Å². The number of nitrogens with two attached hydrogens (primary N) is 1. The van der Waals surface area contributed by atoms with Crippen molar-refractivity contribution in [2.24, 2.45) is 5.73 Å². The summed E-state index contributed by atoms with van der Waals surface area (Å²) in [7, 11) is -3.73. The monoisotopic (exact) mass is 351 g/mol. The smallest absolute Gasteiger partial charge is 0.242 e. The van der Waals surface area contributed by atoms with Crippen LogP contribution in [0.15, 0.2) is 28.7 Å². The van der Waals surface area contributed by atoms with Gasteiger partial charge in [0.1, 0.15) is 4.90 Å². The Hall–Kier alpha value is -0.700. The van der Waals surface area contributed by atoms with Gasteiger partial charge in [-0.1, -0.05) is 23.2 Å². The van der Waals surface area contributed by atoms with Gasteiger partial charge in [0.25, 0.3) is 0 Å². The van der Waals surface area contributed by atoms with Crippen LogP contribution in [0.2, 0.25) is 10.0 Å². The molecule has 0 bridgehead atoms. The number of halogens is 2. The molecule has 0 aliphatic heterocycles. The van der Waals surface area contributed by atoms with Crippen molar-refractivity contribution in [1.82, 2.24) is 9.71 Å². The lowest BCUT2D eigenvalue weighted by Crippen LogP contribution is -2.23. The fourth-order valence-electron chi connectivity index (χ4n) is 1.51. The lowest BCUT2D eigenvalue weighted by Gasteiger charge is -2.10. The number of hydrogen-bond acceptors (Lipinski definition) is 5. The Morgan fingerprint density at radius 1 is 1.30 bits per heavy atom. The predicted octanol–water partition coefficient (Wildman–Crippen LogP) is 2.39. The SMILES string of the molecule is NCc1cc(S(=O)(=O)NCc2cncs2)c(Cl)cc1Cl. The van der Waals surface area contributed by atoms with Crippen molar-refractivity contribution in [2.75, 3.05) is 0 Å². The second kappa shape index (κ2) is 6.38. The number of aromatic nitrogens is 1. The maximum atomic E-state index is 12.2. The largest absolute Gasteiger partial charge is 0.326 e. The molecule has 0 radical (unpaired) electrons. The Balaban J connectivity index is 2.29. The maximum absolute atomic E-state index is 12.2. The summed E-state index contributed by atoms with van der Waals surface area (Å²) in [5, 5.41) is 0.405. The van der Waals surface area contributed by atoms with E-state index in [4.69, 9.17) is 28.9 Å². The summed E-state index contributed by atoms with van der Waals surface area (Å²) in [6.07, 6.45) is 1.60. The van der Waals surface area contributed by atoms with Gasteiger partial charge in [0.05, 0.1) is 10.5 Å². The van der Waals surface area contributed by atoms with Crippen LogP contribution in [0.3, 0.4) is 0 Å². The van der Waals surface area contributed by atoms with E-state index >= 15 is 0 Å². The van der Waals surface area contributed by atoms with E-state index in [9.17, 15) is 8.42 Å². The van der Waals surface area contributed by atoms with Gasteiger partial charge in [0.2, 0.25) is 10.0 Å². The van der Waals surface area contributed by atoms with E-state index in [0.717, 1.165) is 4.88 Å². The van der Waals surface area contributed by atoms with Crippen LogP contribution in [-0.4, -0.2) is 13.4 Å². The highest BCUT2D eigenvalue weighted by Crippen LogP contribution is 2.28. The summed E-state index contributed by atoms with van der Waals surface area (Å²) in [6.45, 7) is 0.289. The number of hydrogen-bond donors (Lipinski definition) is 2. The molecule has 0 aliphatic rings. The number of rotatable bonds is 5. The molecule has 0 spiro atoms. The van der Waals surface area contributed by atoms with Gasteiger partial charge < -0.3 is 5.73 Å². The van der Waals surface area contributed by atoms with Gasteiger partial charge in [-0.05, 0) is 17.7 Å². The summed E-state index contributed by atoms with van der Waals surface area (Å²) < 4.78 is 26.9. The molecule has 2 rings (SSSR count). The minimum atomic E-state index is -3.73. The summed E-state index contributed by atoms with van der Waals surface area (Å²) in [5.74, 6) is 0. The Morgan fingerprint density at radius 2 is 2.05 bits per heavy atom.